The van der Waals surface area contributed by atoms with Gasteiger partial charge in [-0.1, -0.05) is 12.2 Å². The molecule has 29 heavy (non-hydrogen) atoms. The van der Waals surface area contributed by atoms with Crippen molar-refractivity contribution in [1.82, 2.24) is 4.31 Å². The Morgan fingerprint density at radius 2 is 1.97 bits per heavy atom. The van der Waals surface area contributed by atoms with Gasteiger partial charge < -0.3 is 16.2 Å². The summed E-state index contributed by atoms with van der Waals surface area (Å²) in [5.41, 5.74) is 7.98. The van der Waals surface area contributed by atoms with Crippen molar-refractivity contribution in [2.24, 2.45) is 5.73 Å². The summed E-state index contributed by atoms with van der Waals surface area (Å²) in [4.78, 5) is 14.0. The number of nitrogens with one attached hydrogen (secondary N) is 1. The van der Waals surface area contributed by atoms with Gasteiger partial charge >= 0.3 is 0 Å². The van der Waals surface area contributed by atoms with Crippen LogP contribution in [0.25, 0.3) is 0 Å². The molecule has 0 aromatic carbocycles. The van der Waals surface area contributed by atoms with Crippen LogP contribution in [0.5, 0.6) is 0 Å². The summed E-state index contributed by atoms with van der Waals surface area (Å²) >= 11 is 1.52. The average Bonchev–Trinajstić information content (AvgIpc) is 3.28. The van der Waals surface area contributed by atoms with Crippen LogP contribution in [0.3, 0.4) is 0 Å². The van der Waals surface area contributed by atoms with Gasteiger partial charge in [0.2, 0.25) is 0 Å². The predicted molar refractivity (Wildman–Crippen MR) is 118 cm³/mol. The minimum Gasteiger partial charge on any atom is -0.370 e. The lowest BCUT2D eigenvalue weighted by Gasteiger charge is -2.16. The number of nitrogens with two attached hydrogens (primary N) is 1. The van der Waals surface area contributed by atoms with Crippen LogP contribution < -0.4 is 11.1 Å². The zero-order valence-corrected chi connectivity index (χ0v) is 18.0. The third-order valence-corrected chi connectivity index (χ3v) is 8.37. The van der Waals surface area contributed by atoms with E-state index in [1.54, 1.807) is 0 Å². The smallest absolute Gasteiger partial charge is 0.251 e. The number of hydrogen-bond acceptors (Lipinski definition) is 5. The summed E-state index contributed by atoms with van der Waals surface area (Å²) < 4.78 is 14.7. The second-order valence-corrected chi connectivity index (χ2v) is 10.2. The van der Waals surface area contributed by atoms with E-state index < -0.39 is 23.1 Å². The first-order valence-corrected chi connectivity index (χ1v) is 12.1. The summed E-state index contributed by atoms with van der Waals surface area (Å²) in [5.74, 6) is -0.447. The van der Waals surface area contributed by atoms with Crippen LogP contribution >= 0.6 is 11.3 Å². The number of anilines is 1. The lowest BCUT2D eigenvalue weighted by molar-refractivity contribution is 0.1000. The van der Waals surface area contributed by atoms with Crippen molar-refractivity contribution in [3.63, 3.8) is 0 Å². The fourth-order valence-electron chi connectivity index (χ4n) is 4.09. The number of nitrogens with zero attached hydrogens (tertiary/aromatic N) is 1. The minimum absolute atomic E-state index is 0.447. The Bertz CT molecular complexity index is 911. The lowest BCUT2D eigenvalue weighted by Crippen LogP contribution is -2.23. The van der Waals surface area contributed by atoms with Crippen LogP contribution in [-0.2, 0) is 23.8 Å². The van der Waals surface area contributed by atoms with Crippen molar-refractivity contribution in [3.8, 4) is 0 Å². The molecule has 1 amide bonds. The normalized spacial score (nSPS) is 21.7. The quantitative estimate of drug-likeness (QED) is 0.601. The first-order valence-electron chi connectivity index (χ1n) is 10.2. The van der Waals surface area contributed by atoms with Crippen LogP contribution in [-0.4, -0.2) is 38.8 Å². The van der Waals surface area contributed by atoms with Crippen LogP contribution in [0.4, 0.5) is 5.00 Å². The number of thiophene rings is 1. The Kier molecular flexibility index (Phi) is 6.34. The molecule has 0 radical (unpaired) electrons. The van der Waals surface area contributed by atoms with Crippen molar-refractivity contribution in [2.75, 3.05) is 18.4 Å². The molecule has 1 fully saturated rings. The second kappa shape index (κ2) is 8.95. The Morgan fingerprint density at radius 3 is 2.72 bits per heavy atom. The summed E-state index contributed by atoms with van der Waals surface area (Å²) in [6.45, 7) is 1.72. The fourth-order valence-corrected chi connectivity index (χ4v) is 6.69. The van der Waals surface area contributed by atoms with Crippen LogP contribution in [0.2, 0.25) is 0 Å². The molecule has 4 rings (SSSR count). The Morgan fingerprint density at radius 1 is 1.21 bits per heavy atom. The highest BCUT2D eigenvalue weighted by molar-refractivity contribution is 7.86. The molecule has 8 heteroatoms. The first kappa shape index (κ1) is 20.5. The molecule has 1 aromatic heterocycles. The standard InChI is InChI=1S/C21H27N3O3S2/c22-19(25)18-16-8-1-2-9-17(16)28-21(18)23-20(26)14-6-5-7-15(11-10-14)29(27)24-12-3-4-13-24/h5,7,10-11,20,23,26H,1-4,6,8-9,12-13H2,(H2,22,25). The molecule has 6 nitrogen and oxygen atoms in total. The molecule has 3 aliphatic rings. The molecular weight excluding hydrogens is 406 g/mol. The van der Waals surface area contributed by atoms with Crippen molar-refractivity contribution in [1.29, 1.82) is 0 Å². The van der Waals surface area contributed by atoms with Gasteiger partial charge in [0, 0.05) is 18.0 Å². The lowest BCUT2D eigenvalue weighted by atomic mass is 9.95. The van der Waals surface area contributed by atoms with Gasteiger partial charge in [-0.15, -0.1) is 11.3 Å². The molecule has 2 unspecified atom stereocenters. The van der Waals surface area contributed by atoms with Crippen molar-refractivity contribution < 1.29 is 14.1 Å². The van der Waals surface area contributed by atoms with E-state index in [1.807, 2.05) is 28.6 Å². The highest BCUT2D eigenvalue weighted by Crippen LogP contribution is 2.38. The highest BCUT2D eigenvalue weighted by Gasteiger charge is 2.26. The Hall–Kier alpha value is -1.74. The number of allylic oxidation sites excluding steroid dienone is 4. The zero-order valence-electron chi connectivity index (χ0n) is 16.4. The van der Waals surface area contributed by atoms with Crippen molar-refractivity contribution in [3.05, 3.63) is 50.8 Å². The molecule has 1 aliphatic heterocycles. The maximum atomic E-state index is 12.7. The van der Waals surface area contributed by atoms with Crippen LogP contribution in [0.1, 0.15) is 52.9 Å². The van der Waals surface area contributed by atoms with Gasteiger partial charge in [0.25, 0.3) is 5.91 Å². The maximum absolute atomic E-state index is 12.7. The average molecular weight is 434 g/mol. The molecule has 4 N–H and O–H groups in total. The monoisotopic (exact) mass is 433 g/mol. The first-order chi connectivity index (χ1) is 14.0. The topological polar surface area (TPSA) is 95.7 Å². The number of amides is 1. The Balaban J connectivity index is 1.52. The maximum Gasteiger partial charge on any atom is 0.251 e. The predicted octanol–water partition coefficient (Wildman–Crippen LogP) is 2.99. The van der Waals surface area contributed by atoms with E-state index >= 15 is 0 Å². The number of aryl methyl sites for hydroxylation is 1. The number of hydrogen-bond donors (Lipinski definition) is 3. The van der Waals surface area contributed by atoms with E-state index in [4.69, 9.17) is 5.73 Å². The van der Waals surface area contributed by atoms with Gasteiger partial charge in [-0.3, -0.25) is 4.79 Å². The second-order valence-electron chi connectivity index (χ2n) is 7.63. The summed E-state index contributed by atoms with van der Waals surface area (Å²) in [7, 11) is -1.16. The molecule has 0 bridgehead atoms. The number of fused-ring (bicyclic) bond motifs is 1. The number of rotatable bonds is 6. The van der Waals surface area contributed by atoms with Gasteiger partial charge in [-0.05, 0) is 68.2 Å². The van der Waals surface area contributed by atoms with E-state index in [0.29, 0.717) is 17.0 Å². The van der Waals surface area contributed by atoms with Crippen molar-refractivity contribution >= 4 is 33.2 Å². The Labute approximate surface area is 177 Å². The summed E-state index contributed by atoms with van der Waals surface area (Å²) in [6, 6.07) is 0. The van der Waals surface area contributed by atoms with Crippen molar-refractivity contribution in [2.45, 2.75) is 51.2 Å². The van der Waals surface area contributed by atoms with E-state index in [2.05, 4.69) is 5.32 Å². The molecule has 2 aliphatic carbocycles. The van der Waals surface area contributed by atoms with Crippen LogP contribution in [0.15, 0.2) is 34.8 Å². The molecular formula is C21H27N3O3S2. The number of aliphatic hydroxyl groups excluding tert-OH is 1. The van der Waals surface area contributed by atoms with Gasteiger partial charge in [-0.25, -0.2) is 8.51 Å². The van der Waals surface area contributed by atoms with E-state index in [1.165, 1.54) is 16.2 Å². The fraction of sp³-hybridized carbons (Fsp3) is 0.476. The van der Waals surface area contributed by atoms with E-state index in [0.717, 1.165) is 67.7 Å². The third kappa shape index (κ3) is 4.40. The zero-order chi connectivity index (χ0) is 20.4. The van der Waals surface area contributed by atoms with Gasteiger partial charge in [0.05, 0.1) is 10.5 Å². The number of carbonyl (C=O) groups excluding carboxylic acids is 1. The SMILES string of the molecule is NC(=O)c1c(NC(O)C2=CC=C(S(=O)N3CCCC3)C=CC2)sc2c1CCCC2. The summed E-state index contributed by atoms with van der Waals surface area (Å²) in [6.07, 6.45) is 13.2. The number of primary amides is 1. The van der Waals surface area contributed by atoms with Crippen LogP contribution in [0, 0.1) is 0 Å². The molecule has 156 valence electrons. The largest absolute Gasteiger partial charge is 0.370 e. The number of carbonyl (C=O) groups is 1. The minimum atomic E-state index is -1.16. The molecule has 1 aromatic rings. The molecule has 2 heterocycles. The van der Waals surface area contributed by atoms with Gasteiger partial charge in [0.15, 0.2) is 0 Å². The van der Waals surface area contributed by atoms with Gasteiger partial charge in [-0.2, -0.15) is 0 Å². The molecule has 1 saturated heterocycles. The summed E-state index contributed by atoms with van der Waals surface area (Å²) in [5, 5.41) is 14.5. The van der Waals surface area contributed by atoms with Gasteiger partial charge in [0.1, 0.15) is 22.2 Å². The molecule has 2 atom stereocenters. The molecule has 0 spiro atoms. The number of aliphatic hydroxyl groups is 1. The molecule has 0 saturated carbocycles. The third-order valence-electron chi connectivity index (χ3n) is 5.64. The van der Waals surface area contributed by atoms with E-state index in [-0.39, 0.29) is 0 Å². The highest BCUT2D eigenvalue weighted by atomic mass is 32.2. The van der Waals surface area contributed by atoms with E-state index in [9.17, 15) is 14.1 Å².